The van der Waals surface area contributed by atoms with Gasteiger partial charge >= 0.3 is 0 Å². The van der Waals surface area contributed by atoms with Gasteiger partial charge in [0, 0.05) is 23.1 Å². The summed E-state index contributed by atoms with van der Waals surface area (Å²) in [5.74, 6) is 0.115. The zero-order valence-corrected chi connectivity index (χ0v) is 13.4. The van der Waals surface area contributed by atoms with Crippen LogP contribution in [0.25, 0.3) is 0 Å². The highest BCUT2D eigenvalue weighted by molar-refractivity contribution is 9.10. The van der Waals surface area contributed by atoms with Gasteiger partial charge in [0.25, 0.3) is 0 Å². The van der Waals surface area contributed by atoms with Crippen molar-refractivity contribution >= 4 is 27.4 Å². The summed E-state index contributed by atoms with van der Waals surface area (Å²) in [5.41, 5.74) is 1.96. The molecule has 0 N–H and O–H groups in total. The van der Waals surface area contributed by atoms with Crippen LogP contribution in [0.1, 0.15) is 55.8 Å². The van der Waals surface area contributed by atoms with Gasteiger partial charge in [-0.2, -0.15) is 0 Å². The van der Waals surface area contributed by atoms with E-state index in [2.05, 4.69) is 33.9 Å². The maximum atomic E-state index is 11.4. The summed E-state index contributed by atoms with van der Waals surface area (Å²) in [6, 6.07) is 6.55. The van der Waals surface area contributed by atoms with Crippen molar-refractivity contribution in [3.05, 3.63) is 28.2 Å². The van der Waals surface area contributed by atoms with E-state index in [0.29, 0.717) is 6.04 Å². The first-order chi connectivity index (χ1) is 9.09. The highest BCUT2D eigenvalue weighted by Gasteiger charge is 2.19. The second kappa shape index (κ2) is 6.56. The van der Waals surface area contributed by atoms with Crippen molar-refractivity contribution in [2.75, 3.05) is 11.9 Å². The Morgan fingerprint density at radius 3 is 2.37 bits per heavy atom. The lowest BCUT2D eigenvalue weighted by atomic mass is 10.1. The molecule has 0 bridgehead atoms. The zero-order chi connectivity index (χ0) is 13.8. The van der Waals surface area contributed by atoms with Crippen LogP contribution in [0, 0.1) is 0 Å². The van der Waals surface area contributed by atoms with Crippen LogP contribution in [0.5, 0.6) is 0 Å². The van der Waals surface area contributed by atoms with Crippen molar-refractivity contribution in [2.24, 2.45) is 0 Å². The third-order valence-corrected chi connectivity index (χ3v) is 4.74. The van der Waals surface area contributed by atoms with Crippen LogP contribution >= 0.6 is 15.9 Å². The number of benzene rings is 1. The molecular formula is C16H22BrNO. The Morgan fingerprint density at radius 1 is 1.21 bits per heavy atom. The number of anilines is 1. The second-order valence-electron chi connectivity index (χ2n) is 5.48. The topological polar surface area (TPSA) is 20.3 Å². The Balaban J connectivity index is 2.18. The summed E-state index contributed by atoms with van der Waals surface area (Å²) in [7, 11) is 2.17. The Kier molecular flexibility index (Phi) is 5.03. The first kappa shape index (κ1) is 14.6. The minimum atomic E-state index is 0.115. The SMILES string of the molecule is CC(=O)c1ccc(N(C)C2CCCCCC2)c(Br)c1. The second-order valence-corrected chi connectivity index (χ2v) is 6.33. The molecule has 2 rings (SSSR count). The van der Waals surface area contributed by atoms with E-state index in [0.717, 1.165) is 10.0 Å². The van der Waals surface area contributed by atoms with Crippen molar-refractivity contribution < 1.29 is 4.79 Å². The van der Waals surface area contributed by atoms with Crippen molar-refractivity contribution in [2.45, 2.75) is 51.5 Å². The highest BCUT2D eigenvalue weighted by atomic mass is 79.9. The van der Waals surface area contributed by atoms with Crippen molar-refractivity contribution in [1.29, 1.82) is 0 Å². The number of hydrogen-bond donors (Lipinski definition) is 0. The molecule has 1 aliphatic rings. The molecule has 0 atom stereocenters. The van der Waals surface area contributed by atoms with Crippen LogP contribution in [0.3, 0.4) is 0 Å². The molecule has 1 aromatic rings. The third-order valence-electron chi connectivity index (χ3n) is 4.11. The molecule has 0 unspecified atom stereocenters. The maximum absolute atomic E-state index is 11.4. The van der Waals surface area contributed by atoms with E-state index in [1.807, 2.05) is 12.1 Å². The van der Waals surface area contributed by atoms with E-state index in [1.54, 1.807) is 6.92 Å². The van der Waals surface area contributed by atoms with E-state index in [9.17, 15) is 4.79 Å². The lowest BCUT2D eigenvalue weighted by Gasteiger charge is -2.30. The molecule has 0 spiro atoms. The average molecular weight is 324 g/mol. The Bertz CT molecular complexity index is 450. The standard InChI is InChI=1S/C16H22BrNO/c1-12(19)13-9-10-16(15(17)11-13)18(2)14-7-5-3-4-6-8-14/h9-11,14H,3-8H2,1-2H3. The highest BCUT2D eigenvalue weighted by Crippen LogP contribution is 2.31. The maximum Gasteiger partial charge on any atom is 0.159 e. The number of rotatable bonds is 3. The van der Waals surface area contributed by atoms with Gasteiger partial charge < -0.3 is 4.90 Å². The first-order valence-corrected chi connectivity index (χ1v) is 7.92. The Morgan fingerprint density at radius 2 is 1.84 bits per heavy atom. The summed E-state index contributed by atoms with van der Waals surface area (Å²) in [4.78, 5) is 13.8. The lowest BCUT2D eigenvalue weighted by molar-refractivity contribution is 0.101. The molecule has 0 aliphatic heterocycles. The molecule has 3 heteroatoms. The van der Waals surface area contributed by atoms with Crippen molar-refractivity contribution in [3.8, 4) is 0 Å². The molecule has 1 saturated carbocycles. The van der Waals surface area contributed by atoms with Gasteiger partial charge in [-0.25, -0.2) is 0 Å². The van der Waals surface area contributed by atoms with Crippen LogP contribution < -0.4 is 4.90 Å². The smallest absolute Gasteiger partial charge is 0.159 e. The normalized spacial score (nSPS) is 17.0. The van der Waals surface area contributed by atoms with E-state index < -0.39 is 0 Å². The van der Waals surface area contributed by atoms with Gasteiger partial charge in [0.15, 0.2) is 5.78 Å². The van der Waals surface area contributed by atoms with Gasteiger partial charge in [0.1, 0.15) is 0 Å². The van der Waals surface area contributed by atoms with Gasteiger partial charge in [0.2, 0.25) is 0 Å². The summed E-state index contributed by atoms with van der Waals surface area (Å²) in [5, 5.41) is 0. The molecule has 1 aliphatic carbocycles. The van der Waals surface area contributed by atoms with Crippen LogP contribution in [-0.2, 0) is 0 Å². The van der Waals surface area contributed by atoms with Gasteiger partial charge in [-0.3, -0.25) is 4.79 Å². The molecule has 1 fully saturated rings. The average Bonchev–Trinajstić information content (AvgIpc) is 2.66. The van der Waals surface area contributed by atoms with Gasteiger partial charge in [0.05, 0.1) is 5.69 Å². The molecular weight excluding hydrogens is 302 g/mol. The molecule has 0 saturated heterocycles. The summed E-state index contributed by atoms with van der Waals surface area (Å²) < 4.78 is 1.02. The van der Waals surface area contributed by atoms with Crippen LogP contribution in [0.2, 0.25) is 0 Å². The fraction of sp³-hybridized carbons (Fsp3) is 0.562. The number of hydrogen-bond acceptors (Lipinski definition) is 2. The van der Waals surface area contributed by atoms with E-state index >= 15 is 0 Å². The lowest BCUT2D eigenvalue weighted by Crippen LogP contribution is -2.31. The fourth-order valence-corrected chi connectivity index (χ4v) is 3.51. The van der Waals surface area contributed by atoms with Gasteiger partial charge in [-0.05, 0) is 53.9 Å². The Labute approximate surface area is 124 Å². The molecule has 19 heavy (non-hydrogen) atoms. The quantitative estimate of drug-likeness (QED) is 0.587. The molecule has 2 nitrogen and oxygen atoms in total. The van der Waals surface area contributed by atoms with Crippen LogP contribution in [0.4, 0.5) is 5.69 Å². The number of carbonyl (C=O) groups is 1. The van der Waals surface area contributed by atoms with E-state index in [4.69, 9.17) is 0 Å². The minimum Gasteiger partial charge on any atom is -0.371 e. The number of halogens is 1. The molecule has 0 amide bonds. The molecule has 104 valence electrons. The first-order valence-electron chi connectivity index (χ1n) is 7.13. The largest absolute Gasteiger partial charge is 0.371 e. The van der Waals surface area contributed by atoms with Crippen LogP contribution in [-0.4, -0.2) is 18.9 Å². The predicted molar refractivity (Wildman–Crippen MR) is 84.0 cm³/mol. The van der Waals surface area contributed by atoms with Gasteiger partial charge in [-0.15, -0.1) is 0 Å². The van der Waals surface area contributed by atoms with Crippen molar-refractivity contribution in [3.63, 3.8) is 0 Å². The number of carbonyl (C=O) groups excluding carboxylic acids is 1. The van der Waals surface area contributed by atoms with E-state index in [-0.39, 0.29) is 5.78 Å². The summed E-state index contributed by atoms with van der Waals surface area (Å²) in [6.07, 6.45) is 7.95. The third kappa shape index (κ3) is 3.59. The minimum absolute atomic E-state index is 0.115. The Hall–Kier alpha value is -0.830. The number of nitrogens with zero attached hydrogens (tertiary/aromatic N) is 1. The summed E-state index contributed by atoms with van der Waals surface area (Å²) >= 11 is 3.61. The number of Topliss-reactive ketones (excluding diaryl/α,β-unsaturated/α-hetero) is 1. The number of ketones is 1. The van der Waals surface area contributed by atoms with Gasteiger partial charge in [-0.1, -0.05) is 25.7 Å². The predicted octanol–water partition coefficient (Wildman–Crippen LogP) is 4.81. The molecule has 0 aromatic heterocycles. The van der Waals surface area contributed by atoms with Crippen LogP contribution in [0.15, 0.2) is 22.7 Å². The monoisotopic (exact) mass is 323 g/mol. The van der Waals surface area contributed by atoms with Crippen molar-refractivity contribution in [1.82, 2.24) is 0 Å². The van der Waals surface area contributed by atoms with E-state index in [1.165, 1.54) is 44.2 Å². The molecule has 0 heterocycles. The zero-order valence-electron chi connectivity index (χ0n) is 11.8. The molecule has 1 aromatic carbocycles. The fourth-order valence-electron chi connectivity index (χ4n) is 2.85. The summed E-state index contributed by atoms with van der Waals surface area (Å²) in [6.45, 7) is 1.61. The molecule has 0 radical (unpaired) electrons.